The van der Waals surface area contributed by atoms with Gasteiger partial charge in [-0.2, -0.15) is 0 Å². The monoisotopic (exact) mass is 292 g/mol. The Balaban J connectivity index is 2.17. The van der Waals surface area contributed by atoms with Gasteiger partial charge in [-0.05, 0) is 18.4 Å². The first kappa shape index (κ1) is 12.9. The average Bonchev–Trinajstić information content (AvgIpc) is 3.03. The SMILES string of the molecule is COC(=O)[C@H]1Oc2cc(C)oc(=O)c2[C@@H]1c1cccs1. The lowest BCUT2D eigenvalue weighted by atomic mass is 9.95. The van der Waals surface area contributed by atoms with Crippen LogP contribution in [0.15, 0.2) is 32.8 Å². The molecular weight excluding hydrogens is 280 g/mol. The first-order valence-corrected chi connectivity index (χ1v) is 6.92. The highest BCUT2D eigenvalue weighted by Gasteiger charge is 2.44. The molecule has 2 aromatic rings. The Morgan fingerprint density at radius 3 is 2.90 bits per heavy atom. The molecule has 20 heavy (non-hydrogen) atoms. The summed E-state index contributed by atoms with van der Waals surface area (Å²) in [6.45, 7) is 1.66. The van der Waals surface area contributed by atoms with E-state index in [4.69, 9.17) is 13.9 Å². The highest BCUT2D eigenvalue weighted by molar-refractivity contribution is 7.10. The maximum atomic E-state index is 12.1. The number of hydrogen-bond acceptors (Lipinski definition) is 6. The van der Waals surface area contributed by atoms with E-state index in [1.165, 1.54) is 18.4 Å². The number of aryl methyl sites for hydroxylation is 1. The molecule has 0 saturated heterocycles. The van der Waals surface area contributed by atoms with Gasteiger partial charge in [-0.1, -0.05) is 6.07 Å². The number of hydrogen-bond donors (Lipinski definition) is 0. The Morgan fingerprint density at radius 2 is 2.25 bits per heavy atom. The minimum absolute atomic E-state index is 0.383. The molecule has 0 spiro atoms. The molecule has 0 aromatic carbocycles. The van der Waals surface area contributed by atoms with E-state index in [-0.39, 0.29) is 0 Å². The zero-order valence-corrected chi connectivity index (χ0v) is 11.7. The number of thiophene rings is 1. The first-order chi connectivity index (χ1) is 9.61. The Morgan fingerprint density at radius 1 is 1.45 bits per heavy atom. The molecule has 0 radical (unpaired) electrons. The molecular formula is C14H12O5S. The Kier molecular flexibility index (Phi) is 3.10. The van der Waals surface area contributed by atoms with Crippen molar-refractivity contribution in [3.05, 3.63) is 50.2 Å². The third kappa shape index (κ3) is 1.92. The first-order valence-electron chi connectivity index (χ1n) is 6.04. The molecule has 5 nitrogen and oxygen atoms in total. The van der Waals surface area contributed by atoms with E-state index in [9.17, 15) is 9.59 Å². The average molecular weight is 292 g/mol. The topological polar surface area (TPSA) is 65.7 Å². The van der Waals surface area contributed by atoms with Crippen molar-refractivity contribution in [2.24, 2.45) is 0 Å². The number of carbonyl (C=O) groups excluding carboxylic acids is 1. The van der Waals surface area contributed by atoms with Gasteiger partial charge in [0, 0.05) is 10.9 Å². The number of esters is 1. The summed E-state index contributed by atoms with van der Waals surface area (Å²) < 4.78 is 15.5. The summed E-state index contributed by atoms with van der Waals surface area (Å²) in [7, 11) is 1.30. The summed E-state index contributed by atoms with van der Waals surface area (Å²) in [6, 6.07) is 5.35. The minimum atomic E-state index is -0.849. The fourth-order valence-electron chi connectivity index (χ4n) is 2.39. The van der Waals surface area contributed by atoms with E-state index in [0.29, 0.717) is 17.1 Å². The highest BCUT2D eigenvalue weighted by Crippen LogP contribution is 2.42. The Bertz CT molecular complexity index is 701. The van der Waals surface area contributed by atoms with Crippen molar-refractivity contribution in [3.63, 3.8) is 0 Å². The van der Waals surface area contributed by atoms with Gasteiger partial charge in [-0.15, -0.1) is 11.3 Å². The van der Waals surface area contributed by atoms with Crippen molar-refractivity contribution >= 4 is 17.3 Å². The molecule has 0 aliphatic carbocycles. The molecule has 0 amide bonds. The maximum absolute atomic E-state index is 12.1. The minimum Gasteiger partial charge on any atom is -0.477 e. The number of methoxy groups -OCH3 is 1. The summed E-state index contributed by atoms with van der Waals surface area (Å²) in [6.07, 6.45) is -0.849. The molecule has 1 aliphatic rings. The molecule has 0 bridgehead atoms. The molecule has 0 unspecified atom stereocenters. The molecule has 0 N–H and O–H groups in total. The fourth-order valence-corrected chi connectivity index (χ4v) is 3.25. The van der Waals surface area contributed by atoms with E-state index in [1.54, 1.807) is 13.0 Å². The van der Waals surface area contributed by atoms with Crippen molar-refractivity contribution in [1.29, 1.82) is 0 Å². The van der Waals surface area contributed by atoms with Gasteiger partial charge in [-0.3, -0.25) is 0 Å². The van der Waals surface area contributed by atoms with E-state index >= 15 is 0 Å². The quantitative estimate of drug-likeness (QED) is 0.793. The molecule has 0 saturated carbocycles. The van der Waals surface area contributed by atoms with Crippen LogP contribution in [0.4, 0.5) is 0 Å². The smallest absolute Gasteiger partial charge is 0.348 e. The third-order valence-electron chi connectivity index (χ3n) is 3.22. The van der Waals surface area contributed by atoms with E-state index in [0.717, 1.165) is 4.88 Å². The normalized spacial score (nSPS) is 20.3. The second kappa shape index (κ2) is 4.79. The van der Waals surface area contributed by atoms with Crippen LogP contribution >= 0.6 is 11.3 Å². The van der Waals surface area contributed by atoms with Crippen LogP contribution in [0.3, 0.4) is 0 Å². The van der Waals surface area contributed by atoms with Crippen LogP contribution in [0, 0.1) is 6.92 Å². The standard InChI is InChI=1S/C14H12O5S/c1-7-6-8-10(13(15)18-7)11(9-4-3-5-20-9)12(19-8)14(16)17-2/h3-6,11-12H,1-2H3/t11-,12-/m0/s1. The van der Waals surface area contributed by atoms with Gasteiger partial charge in [-0.25, -0.2) is 9.59 Å². The maximum Gasteiger partial charge on any atom is 0.348 e. The van der Waals surface area contributed by atoms with Crippen LogP contribution in [0.5, 0.6) is 5.75 Å². The van der Waals surface area contributed by atoms with Crippen molar-refractivity contribution in [2.75, 3.05) is 7.11 Å². The number of ether oxygens (including phenoxy) is 2. The predicted molar refractivity (Wildman–Crippen MR) is 72.3 cm³/mol. The largest absolute Gasteiger partial charge is 0.477 e. The fraction of sp³-hybridized carbons (Fsp3) is 0.286. The van der Waals surface area contributed by atoms with Crippen LogP contribution < -0.4 is 10.4 Å². The summed E-state index contributed by atoms with van der Waals surface area (Å²) in [5.41, 5.74) is -0.0850. The third-order valence-corrected chi connectivity index (χ3v) is 4.18. The zero-order chi connectivity index (χ0) is 14.3. The van der Waals surface area contributed by atoms with Crippen LogP contribution in [0.1, 0.15) is 22.1 Å². The summed E-state index contributed by atoms with van der Waals surface area (Å²) in [5.74, 6) is -0.136. The summed E-state index contributed by atoms with van der Waals surface area (Å²) in [4.78, 5) is 24.9. The lowest BCUT2D eigenvalue weighted by molar-refractivity contribution is -0.148. The lowest BCUT2D eigenvalue weighted by Crippen LogP contribution is -2.31. The van der Waals surface area contributed by atoms with Crippen molar-refractivity contribution in [1.82, 2.24) is 0 Å². The van der Waals surface area contributed by atoms with Gasteiger partial charge in [0.25, 0.3) is 0 Å². The molecule has 0 fully saturated rings. The van der Waals surface area contributed by atoms with Crippen LogP contribution in [-0.4, -0.2) is 19.2 Å². The number of rotatable bonds is 2. The van der Waals surface area contributed by atoms with E-state index in [1.807, 2.05) is 17.5 Å². The second-order valence-electron chi connectivity index (χ2n) is 4.48. The van der Waals surface area contributed by atoms with E-state index < -0.39 is 23.6 Å². The van der Waals surface area contributed by atoms with Gasteiger partial charge in [0.15, 0.2) is 0 Å². The van der Waals surface area contributed by atoms with E-state index in [2.05, 4.69) is 0 Å². The zero-order valence-electron chi connectivity index (χ0n) is 10.9. The second-order valence-corrected chi connectivity index (χ2v) is 5.46. The van der Waals surface area contributed by atoms with Gasteiger partial charge < -0.3 is 13.9 Å². The molecule has 104 valence electrons. The number of fused-ring (bicyclic) bond motifs is 1. The molecule has 3 rings (SSSR count). The highest BCUT2D eigenvalue weighted by atomic mass is 32.1. The van der Waals surface area contributed by atoms with Crippen LogP contribution in [-0.2, 0) is 9.53 Å². The Hall–Kier alpha value is -2.08. The summed E-state index contributed by atoms with van der Waals surface area (Å²) >= 11 is 1.46. The van der Waals surface area contributed by atoms with Crippen LogP contribution in [0.25, 0.3) is 0 Å². The van der Waals surface area contributed by atoms with Gasteiger partial charge in [0.05, 0.1) is 18.6 Å². The van der Waals surface area contributed by atoms with Crippen molar-refractivity contribution in [2.45, 2.75) is 18.9 Å². The van der Waals surface area contributed by atoms with Gasteiger partial charge >= 0.3 is 11.6 Å². The van der Waals surface area contributed by atoms with Crippen LogP contribution in [0.2, 0.25) is 0 Å². The van der Waals surface area contributed by atoms with Crippen molar-refractivity contribution < 1.29 is 18.7 Å². The molecule has 3 heterocycles. The Labute approximate surface area is 118 Å². The molecule has 2 aromatic heterocycles. The van der Waals surface area contributed by atoms with Crippen molar-refractivity contribution in [3.8, 4) is 5.75 Å². The molecule has 2 atom stereocenters. The number of carbonyl (C=O) groups is 1. The van der Waals surface area contributed by atoms with Gasteiger partial charge in [0.1, 0.15) is 11.5 Å². The molecule has 1 aliphatic heterocycles. The van der Waals surface area contributed by atoms with Gasteiger partial charge in [0.2, 0.25) is 6.10 Å². The predicted octanol–water partition coefficient (Wildman–Crippen LogP) is 2.08. The lowest BCUT2D eigenvalue weighted by Gasteiger charge is -2.14. The molecule has 6 heteroatoms. The summed E-state index contributed by atoms with van der Waals surface area (Å²) in [5, 5.41) is 1.89.